The van der Waals surface area contributed by atoms with Crippen molar-refractivity contribution in [3.8, 4) is 0 Å². The average Bonchev–Trinajstić information content (AvgIpc) is 2.44. The summed E-state index contributed by atoms with van der Waals surface area (Å²) in [6.45, 7) is 2.86. The van der Waals surface area contributed by atoms with E-state index in [2.05, 4.69) is 34.6 Å². The van der Waals surface area contributed by atoms with Crippen LogP contribution in [0.15, 0.2) is 42.6 Å². The summed E-state index contributed by atoms with van der Waals surface area (Å²) in [5, 5.41) is 3.37. The summed E-state index contributed by atoms with van der Waals surface area (Å²) in [6.07, 6.45) is 3.66. The van der Waals surface area contributed by atoms with Crippen LogP contribution in [0.2, 0.25) is 0 Å². The van der Waals surface area contributed by atoms with E-state index in [0.29, 0.717) is 11.6 Å². The van der Waals surface area contributed by atoms with Gasteiger partial charge in [0.05, 0.1) is 11.7 Å². The zero-order valence-corrected chi connectivity index (χ0v) is 11.6. The molecule has 2 nitrogen and oxygen atoms in total. The number of hydrogen-bond donors (Lipinski definition) is 1. The molecule has 0 spiro atoms. The van der Waals surface area contributed by atoms with E-state index in [9.17, 15) is 4.39 Å². The number of pyridine rings is 1. The van der Waals surface area contributed by atoms with Crippen molar-refractivity contribution >= 4 is 0 Å². The van der Waals surface area contributed by atoms with E-state index in [4.69, 9.17) is 0 Å². The minimum atomic E-state index is -0.217. The number of rotatable bonds is 5. The summed E-state index contributed by atoms with van der Waals surface area (Å²) in [5.41, 5.74) is 3.37. The highest BCUT2D eigenvalue weighted by Crippen LogP contribution is 2.40. The molecule has 0 aliphatic heterocycles. The van der Waals surface area contributed by atoms with E-state index in [1.54, 1.807) is 12.3 Å². The Balaban J connectivity index is 1.78. The lowest BCUT2D eigenvalue weighted by Gasteiger charge is -2.33. The second kappa shape index (κ2) is 5.71. The van der Waals surface area contributed by atoms with Crippen molar-refractivity contribution in [3.63, 3.8) is 0 Å². The van der Waals surface area contributed by atoms with Gasteiger partial charge in [0.1, 0.15) is 5.82 Å². The van der Waals surface area contributed by atoms with Gasteiger partial charge in [-0.3, -0.25) is 4.98 Å². The Hall–Kier alpha value is -1.74. The second-order valence-electron chi connectivity index (χ2n) is 5.32. The van der Waals surface area contributed by atoms with Crippen molar-refractivity contribution in [3.05, 3.63) is 65.2 Å². The molecule has 1 aromatic heterocycles. The number of nitrogens with zero attached hydrogens (tertiary/aromatic N) is 1. The molecule has 2 atom stereocenters. The molecule has 1 aliphatic carbocycles. The van der Waals surface area contributed by atoms with Crippen molar-refractivity contribution < 1.29 is 4.39 Å². The topological polar surface area (TPSA) is 24.9 Å². The van der Waals surface area contributed by atoms with Gasteiger partial charge < -0.3 is 5.32 Å². The Labute approximate surface area is 119 Å². The van der Waals surface area contributed by atoms with Gasteiger partial charge in [0.25, 0.3) is 0 Å². The van der Waals surface area contributed by atoms with Gasteiger partial charge in [-0.1, -0.05) is 31.2 Å². The second-order valence-corrected chi connectivity index (χ2v) is 5.32. The lowest BCUT2D eigenvalue weighted by molar-refractivity contribution is 0.413. The van der Waals surface area contributed by atoms with E-state index < -0.39 is 0 Å². The molecule has 0 saturated carbocycles. The van der Waals surface area contributed by atoms with Crippen LogP contribution in [-0.4, -0.2) is 11.5 Å². The van der Waals surface area contributed by atoms with Crippen LogP contribution in [0.4, 0.5) is 4.39 Å². The molecular formula is C17H19FN2. The molecule has 20 heavy (non-hydrogen) atoms. The van der Waals surface area contributed by atoms with Gasteiger partial charge in [0.15, 0.2) is 0 Å². The molecule has 0 radical (unpaired) electrons. The first-order chi connectivity index (χ1) is 9.79. The minimum absolute atomic E-state index is 0.0143. The summed E-state index contributed by atoms with van der Waals surface area (Å²) in [5.74, 6) is 0.294. The van der Waals surface area contributed by atoms with E-state index >= 15 is 0 Å². The molecule has 104 valence electrons. The fourth-order valence-corrected chi connectivity index (χ4v) is 3.05. The van der Waals surface area contributed by atoms with Gasteiger partial charge in [0.2, 0.25) is 0 Å². The molecule has 0 fully saturated rings. The van der Waals surface area contributed by atoms with Crippen LogP contribution in [-0.2, 0) is 6.42 Å². The summed E-state index contributed by atoms with van der Waals surface area (Å²) in [7, 11) is 0. The Bertz CT molecular complexity index is 597. The molecule has 1 aliphatic rings. The van der Waals surface area contributed by atoms with Crippen LogP contribution in [0, 0.1) is 5.82 Å². The smallest absolute Gasteiger partial charge is 0.146 e. The summed E-state index contributed by atoms with van der Waals surface area (Å²) < 4.78 is 13.9. The first-order valence-corrected chi connectivity index (χ1v) is 7.21. The standard InChI is InChI=1S/C17H19FN2/c1-2-19-16(17-15(18)8-5-9-20-17)11-13-10-12-6-3-4-7-14(12)13/h3-9,13,16,19H,2,10-11H2,1H3. The minimum Gasteiger partial charge on any atom is -0.309 e. The van der Waals surface area contributed by atoms with Crippen molar-refractivity contribution in [2.75, 3.05) is 6.54 Å². The molecule has 2 aromatic rings. The van der Waals surface area contributed by atoms with E-state index in [-0.39, 0.29) is 11.9 Å². The van der Waals surface area contributed by atoms with Gasteiger partial charge in [-0.05, 0) is 48.6 Å². The molecule has 1 N–H and O–H groups in total. The highest BCUT2D eigenvalue weighted by atomic mass is 19.1. The van der Waals surface area contributed by atoms with Gasteiger partial charge in [0, 0.05) is 6.20 Å². The zero-order valence-electron chi connectivity index (χ0n) is 11.6. The van der Waals surface area contributed by atoms with Crippen LogP contribution < -0.4 is 5.32 Å². The number of hydrogen-bond acceptors (Lipinski definition) is 2. The molecule has 0 amide bonds. The van der Waals surface area contributed by atoms with Crippen molar-refractivity contribution in [1.29, 1.82) is 0 Å². The van der Waals surface area contributed by atoms with Gasteiger partial charge >= 0.3 is 0 Å². The molecule has 2 unspecified atom stereocenters. The fourth-order valence-electron chi connectivity index (χ4n) is 3.05. The fraction of sp³-hybridized carbons (Fsp3) is 0.353. The maximum absolute atomic E-state index is 13.9. The van der Waals surface area contributed by atoms with Crippen LogP contribution in [0.1, 0.15) is 42.1 Å². The largest absolute Gasteiger partial charge is 0.309 e. The normalized spacial score (nSPS) is 18.2. The number of nitrogens with one attached hydrogen (secondary N) is 1. The molecule has 0 saturated heterocycles. The quantitative estimate of drug-likeness (QED) is 0.898. The third-order valence-electron chi connectivity index (χ3n) is 4.05. The molecule has 1 heterocycles. The molecule has 3 heteroatoms. The van der Waals surface area contributed by atoms with Crippen LogP contribution in [0.3, 0.4) is 0 Å². The summed E-state index contributed by atoms with van der Waals surface area (Å²) in [6, 6.07) is 11.6. The van der Waals surface area contributed by atoms with Crippen LogP contribution in [0.25, 0.3) is 0 Å². The third kappa shape index (κ3) is 2.46. The maximum Gasteiger partial charge on any atom is 0.146 e. The highest BCUT2D eigenvalue weighted by molar-refractivity contribution is 5.40. The Kier molecular flexibility index (Phi) is 3.79. The molecule has 1 aromatic carbocycles. The Morgan fingerprint density at radius 3 is 2.90 bits per heavy atom. The van der Waals surface area contributed by atoms with Crippen LogP contribution >= 0.6 is 0 Å². The molecule has 0 bridgehead atoms. The van der Waals surface area contributed by atoms with Crippen molar-refractivity contribution in [1.82, 2.24) is 10.3 Å². The SMILES string of the molecule is CCNC(CC1Cc2ccccc21)c1ncccc1F. The maximum atomic E-state index is 13.9. The number of benzene rings is 1. The number of halogens is 1. The van der Waals surface area contributed by atoms with E-state index in [0.717, 1.165) is 19.4 Å². The highest BCUT2D eigenvalue weighted by Gasteiger charge is 2.29. The van der Waals surface area contributed by atoms with Gasteiger partial charge in [-0.15, -0.1) is 0 Å². The summed E-state index contributed by atoms with van der Waals surface area (Å²) >= 11 is 0. The van der Waals surface area contributed by atoms with E-state index in [1.165, 1.54) is 17.2 Å². The first-order valence-electron chi connectivity index (χ1n) is 7.21. The first kappa shape index (κ1) is 13.3. The molecular weight excluding hydrogens is 251 g/mol. The molecule has 3 rings (SSSR count). The number of fused-ring (bicyclic) bond motifs is 1. The zero-order chi connectivity index (χ0) is 13.9. The van der Waals surface area contributed by atoms with E-state index in [1.807, 2.05) is 6.92 Å². The predicted molar refractivity (Wildman–Crippen MR) is 78.1 cm³/mol. The van der Waals surface area contributed by atoms with Crippen molar-refractivity contribution in [2.24, 2.45) is 0 Å². The van der Waals surface area contributed by atoms with Gasteiger partial charge in [-0.25, -0.2) is 4.39 Å². The Morgan fingerprint density at radius 2 is 2.15 bits per heavy atom. The average molecular weight is 270 g/mol. The van der Waals surface area contributed by atoms with Crippen molar-refractivity contribution in [2.45, 2.75) is 31.7 Å². The van der Waals surface area contributed by atoms with Gasteiger partial charge in [-0.2, -0.15) is 0 Å². The predicted octanol–water partition coefficient (Wildman–Crippen LogP) is 3.60. The lowest BCUT2D eigenvalue weighted by atomic mass is 9.74. The van der Waals surface area contributed by atoms with Crippen LogP contribution in [0.5, 0.6) is 0 Å². The Morgan fingerprint density at radius 1 is 1.30 bits per heavy atom. The lowest BCUT2D eigenvalue weighted by Crippen LogP contribution is -2.28. The number of aromatic nitrogens is 1. The monoisotopic (exact) mass is 270 g/mol. The summed E-state index contributed by atoms with van der Waals surface area (Å²) in [4.78, 5) is 4.23. The third-order valence-corrected chi connectivity index (χ3v) is 4.05.